The van der Waals surface area contributed by atoms with Crippen LogP contribution in [-0.2, 0) is 0 Å². The predicted octanol–water partition coefficient (Wildman–Crippen LogP) is 1.12. The molecule has 1 aromatic carbocycles. The van der Waals surface area contributed by atoms with E-state index in [1.807, 2.05) is 0 Å². The number of hydrogen-bond acceptors (Lipinski definition) is 6. The molecule has 0 atom stereocenters. The van der Waals surface area contributed by atoms with Gasteiger partial charge in [0.25, 0.3) is 0 Å². The maximum Gasteiger partial charge on any atom is 0.342 e. The van der Waals surface area contributed by atoms with Gasteiger partial charge in [-0.3, -0.25) is 0 Å². The lowest BCUT2D eigenvalue weighted by Gasteiger charge is -2.10. The average Bonchev–Trinajstić information content (AvgIpc) is 2.26. The van der Waals surface area contributed by atoms with Gasteiger partial charge >= 0.3 is 17.9 Å². The molecular weight excluding hydrogens is 288 g/mol. The molecule has 3 N–H and O–H groups in total. The predicted molar refractivity (Wildman–Crippen MR) is 53.7 cm³/mol. The van der Waals surface area contributed by atoms with Crippen molar-refractivity contribution in [2.24, 2.45) is 5.34 Å². The van der Waals surface area contributed by atoms with Gasteiger partial charge in [-0.2, -0.15) is 0 Å². The van der Waals surface area contributed by atoms with Gasteiger partial charge in [-0.1, -0.05) is 0 Å². The van der Waals surface area contributed by atoms with E-state index in [2.05, 4.69) is 4.84 Å². The standard InChI is InChI=1S/C9H3F2NO8/c10-4-1(7(13)14)5(11)3(9(17)18)6(20-12-19)2(4)8(15)16/h(H,13,14)(H,15,16)(H,17,18). The van der Waals surface area contributed by atoms with Gasteiger partial charge in [0.2, 0.25) is 0 Å². The van der Waals surface area contributed by atoms with Crippen LogP contribution in [0.4, 0.5) is 8.78 Å². The first-order valence-electron chi connectivity index (χ1n) is 4.48. The Labute approximate surface area is 106 Å². The molecule has 0 spiro atoms. The third-order valence-electron chi connectivity index (χ3n) is 2.10. The highest BCUT2D eigenvalue weighted by Gasteiger charge is 2.36. The zero-order valence-electron chi connectivity index (χ0n) is 9.09. The largest absolute Gasteiger partial charge is 0.477 e. The molecule has 0 radical (unpaired) electrons. The summed E-state index contributed by atoms with van der Waals surface area (Å²) in [5.74, 6) is -12.3. The Morgan fingerprint density at radius 1 is 0.850 bits per heavy atom. The molecule has 0 amide bonds. The van der Waals surface area contributed by atoms with Crippen LogP contribution in [-0.4, -0.2) is 33.2 Å². The number of rotatable bonds is 5. The summed E-state index contributed by atoms with van der Waals surface area (Å²) in [6.07, 6.45) is 0. The van der Waals surface area contributed by atoms with E-state index in [4.69, 9.17) is 15.3 Å². The van der Waals surface area contributed by atoms with Crippen molar-refractivity contribution in [1.82, 2.24) is 0 Å². The van der Waals surface area contributed by atoms with Crippen LogP contribution in [0, 0.1) is 16.5 Å². The normalized spacial score (nSPS) is 9.90. The molecule has 0 unspecified atom stereocenters. The topological polar surface area (TPSA) is 151 Å². The first kappa shape index (κ1) is 14.9. The van der Waals surface area contributed by atoms with Crippen molar-refractivity contribution in [1.29, 1.82) is 0 Å². The second-order valence-corrected chi connectivity index (χ2v) is 3.16. The SMILES string of the molecule is O=NOc1c(C(=O)O)c(F)c(C(=O)O)c(F)c1C(=O)O. The zero-order valence-corrected chi connectivity index (χ0v) is 9.09. The fourth-order valence-corrected chi connectivity index (χ4v) is 1.37. The van der Waals surface area contributed by atoms with Crippen LogP contribution in [0.3, 0.4) is 0 Å². The van der Waals surface area contributed by atoms with Gasteiger partial charge in [-0.15, -0.1) is 4.91 Å². The van der Waals surface area contributed by atoms with Crippen molar-refractivity contribution < 1.29 is 43.3 Å². The van der Waals surface area contributed by atoms with Crippen LogP contribution in [0.15, 0.2) is 5.34 Å². The number of carboxylic acid groups (broad SMARTS) is 3. The highest BCUT2D eigenvalue weighted by atomic mass is 19.1. The number of aromatic carboxylic acids is 3. The fourth-order valence-electron chi connectivity index (χ4n) is 1.37. The minimum atomic E-state index is -2.24. The summed E-state index contributed by atoms with van der Waals surface area (Å²) in [4.78, 5) is 46.0. The summed E-state index contributed by atoms with van der Waals surface area (Å²) in [5, 5.41) is 27.7. The number of hydrogen-bond donors (Lipinski definition) is 3. The highest BCUT2D eigenvalue weighted by Crippen LogP contribution is 2.33. The van der Waals surface area contributed by atoms with E-state index in [0.29, 0.717) is 0 Å². The van der Waals surface area contributed by atoms with Crippen molar-refractivity contribution in [2.75, 3.05) is 0 Å². The summed E-state index contributed by atoms with van der Waals surface area (Å²) < 4.78 is 27.3. The molecule has 1 rings (SSSR count). The number of nitrogens with zero attached hydrogens (tertiary/aromatic N) is 1. The molecule has 11 heteroatoms. The molecule has 0 aliphatic carbocycles. The van der Waals surface area contributed by atoms with Crippen LogP contribution < -0.4 is 4.84 Å². The van der Waals surface area contributed by atoms with Crippen molar-refractivity contribution in [3.8, 4) is 5.75 Å². The third-order valence-corrected chi connectivity index (χ3v) is 2.10. The first-order chi connectivity index (χ1) is 9.23. The molecule has 0 aliphatic heterocycles. The summed E-state index contributed by atoms with van der Waals surface area (Å²) in [6.45, 7) is 0. The second-order valence-electron chi connectivity index (χ2n) is 3.16. The molecule has 106 valence electrons. The minimum absolute atomic E-state index is 1.54. The summed E-state index contributed by atoms with van der Waals surface area (Å²) >= 11 is 0. The monoisotopic (exact) mass is 291 g/mol. The van der Waals surface area contributed by atoms with E-state index in [1.54, 1.807) is 5.34 Å². The summed E-state index contributed by atoms with van der Waals surface area (Å²) in [7, 11) is 0. The van der Waals surface area contributed by atoms with Gasteiger partial charge < -0.3 is 20.2 Å². The summed E-state index contributed by atoms with van der Waals surface area (Å²) in [6, 6.07) is 0. The number of halogens is 2. The lowest BCUT2D eigenvalue weighted by atomic mass is 10.0. The molecule has 0 saturated heterocycles. The van der Waals surface area contributed by atoms with E-state index >= 15 is 0 Å². The van der Waals surface area contributed by atoms with E-state index in [1.165, 1.54) is 0 Å². The third kappa shape index (κ3) is 2.23. The first-order valence-corrected chi connectivity index (χ1v) is 4.48. The van der Waals surface area contributed by atoms with Gasteiger partial charge in [0.15, 0.2) is 22.7 Å². The van der Waals surface area contributed by atoms with Crippen LogP contribution in [0.25, 0.3) is 0 Å². The van der Waals surface area contributed by atoms with Crippen molar-refractivity contribution in [3.63, 3.8) is 0 Å². The van der Waals surface area contributed by atoms with Crippen LogP contribution in [0.5, 0.6) is 5.75 Å². The van der Waals surface area contributed by atoms with E-state index < -0.39 is 52.0 Å². The molecular formula is C9H3F2NO8. The van der Waals surface area contributed by atoms with Crippen LogP contribution in [0.2, 0.25) is 0 Å². The van der Waals surface area contributed by atoms with Crippen molar-refractivity contribution in [3.05, 3.63) is 33.2 Å². The Morgan fingerprint density at radius 3 is 1.45 bits per heavy atom. The Hall–Kier alpha value is -3.11. The van der Waals surface area contributed by atoms with Crippen molar-refractivity contribution >= 4 is 17.9 Å². The van der Waals surface area contributed by atoms with Gasteiger partial charge in [-0.25, -0.2) is 23.2 Å². The Balaban J connectivity index is 4.00. The molecule has 0 bridgehead atoms. The van der Waals surface area contributed by atoms with Crippen molar-refractivity contribution in [2.45, 2.75) is 0 Å². The van der Waals surface area contributed by atoms with E-state index in [9.17, 15) is 28.1 Å². The second kappa shape index (κ2) is 5.26. The molecule has 1 aromatic rings. The molecule has 0 aromatic heterocycles. The lowest BCUT2D eigenvalue weighted by molar-refractivity contribution is 0.0675. The van der Waals surface area contributed by atoms with Gasteiger partial charge in [0.1, 0.15) is 16.7 Å². The van der Waals surface area contributed by atoms with Gasteiger partial charge in [0, 0.05) is 0 Å². The van der Waals surface area contributed by atoms with E-state index in [-0.39, 0.29) is 0 Å². The van der Waals surface area contributed by atoms with Gasteiger partial charge in [0.05, 0.1) is 0 Å². The maximum absolute atomic E-state index is 13.6. The summed E-state index contributed by atoms with van der Waals surface area (Å²) in [5.41, 5.74) is -5.08. The number of carboxylic acids is 3. The highest BCUT2D eigenvalue weighted by molar-refractivity contribution is 6.03. The molecule has 20 heavy (non-hydrogen) atoms. The molecule has 0 fully saturated rings. The Bertz CT molecular complexity index is 600. The quantitative estimate of drug-likeness (QED) is 0.539. The lowest BCUT2D eigenvalue weighted by Crippen LogP contribution is -2.18. The molecule has 0 aliphatic rings. The van der Waals surface area contributed by atoms with Crippen LogP contribution in [0.1, 0.15) is 31.1 Å². The average molecular weight is 291 g/mol. The smallest absolute Gasteiger partial charge is 0.342 e. The number of carbonyl (C=O) groups is 3. The fraction of sp³-hybridized carbons (Fsp3) is 0. The minimum Gasteiger partial charge on any atom is -0.477 e. The van der Waals surface area contributed by atoms with Gasteiger partial charge in [-0.05, 0) is 0 Å². The molecule has 9 nitrogen and oxygen atoms in total. The Kier molecular flexibility index (Phi) is 3.93. The molecule has 0 heterocycles. The number of benzene rings is 1. The maximum atomic E-state index is 13.6. The Morgan fingerprint density at radius 2 is 1.20 bits per heavy atom. The molecule has 0 saturated carbocycles. The zero-order chi connectivity index (χ0) is 15.6. The van der Waals surface area contributed by atoms with Crippen LogP contribution >= 0.6 is 0 Å². The van der Waals surface area contributed by atoms with E-state index in [0.717, 1.165) is 0 Å².